The highest BCUT2D eigenvalue weighted by Crippen LogP contribution is 2.17. The number of ether oxygens (including phenoxy) is 1. The molecule has 0 amide bonds. The molecule has 0 saturated carbocycles. The number of methoxy groups -OCH3 is 1. The van der Waals surface area contributed by atoms with Crippen LogP contribution in [-0.4, -0.2) is 36.7 Å². The molecule has 0 aliphatic carbocycles. The van der Waals surface area contributed by atoms with E-state index in [0.29, 0.717) is 24.6 Å². The minimum atomic E-state index is -3.63. The summed E-state index contributed by atoms with van der Waals surface area (Å²) in [5.74, 6) is 0.601. The van der Waals surface area contributed by atoms with Crippen molar-refractivity contribution in [1.82, 2.24) is 19.3 Å². The van der Waals surface area contributed by atoms with Crippen molar-refractivity contribution < 1.29 is 13.2 Å². The number of hydrogen-bond donors (Lipinski definition) is 1. The lowest BCUT2D eigenvalue weighted by Gasteiger charge is -2.10. The van der Waals surface area contributed by atoms with Crippen molar-refractivity contribution in [2.24, 2.45) is 0 Å². The van der Waals surface area contributed by atoms with Gasteiger partial charge in [0.05, 0.1) is 18.0 Å². The molecule has 0 fully saturated rings. The molecule has 3 aromatic rings. The van der Waals surface area contributed by atoms with Crippen molar-refractivity contribution in [1.29, 1.82) is 0 Å². The maximum Gasteiger partial charge on any atom is 0.240 e. The third-order valence-corrected chi connectivity index (χ3v) is 5.41. The number of aromatic nitrogens is 3. The summed E-state index contributed by atoms with van der Waals surface area (Å²) < 4.78 is 35.0. The molecule has 0 saturated heterocycles. The van der Waals surface area contributed by atoms with E-state index in [1.165, 1.54) is 0 Å². The van der Waals surface area contributed by atoms with Crippen LogP contribution < -0.4 is 4.72 Å². The van der Waals surface area contributed by atoms with E-state index in [9.17, 15) is 8.42 Å². The number of hydrogen-bond acceptors (Lipinski definition) is 5. The predicted molar refractivity (Wildman–Crippen MR) is 99.3 cm³/mol. The Morgan fingerprint density at radius 1 is 1.19 bits per heavy atom. The van der Waals surface area contributed by atoms with Gasteiger partial charge in [-0.1, -0.05) is 6.07 Å². The highest BCUT2D eigenvalue weighted by atomic mass is 32.2. The lowest BCUT2D eigenvalue weighted by molar-refractivity contribution is 0.187. The van der Waals surface area contributed by atoms with Crippen molar-refractivity contribution >= 4 is 21.2 Å². The average Bonchev–Trinajstić information content (AvgIpc) is 2.95. The summed E-state index contributed by atoms with van der Waals surface area (Å²) in [6, 6.07) is 8.91. The molecule has 26 heavy (non-hydrogen) atoms. The van der Waals surface area contributed by atoms with Crippen LogP contribution in [0.5, 0.6) is 0 Å². The van der Waals surface area contributed by atoms with Crippen LogP contribution in [0, 0.1) is 13.8 Å². The molecule has 0 unspecified atom stereocenters. The van der Waals surface area contributed by atoms with Crippen LogP contribution in [0.15, 0.2) is 41.4 Å². The molecule has 8 heteroatoms. The van der Waals surface area contributed by atoms with Crippen molar-refractivity contribution in [2.45, 2.75) is 31.8 Å². The normalized spacial score (nSPS) is 12.0. The first-order chi connectivity index (χ1) is 12.4. The quantitative estimate of drug-likeness (QED) is 0.685. The second kappa shape index (κ2) is 7.53. The van der Waals surface area contributed by atoms with Gasteiger partial charge in [-0.25, -0.2) is 23.1 Å². The number of benzene rings is 1. The Hall–Kier alpha value is -2.29. The maximum atomic E-state index is 12.7. The predicted octanol–water partition coefficient (Wildman–Crippen LogP) is 2.17. The Bertz CT molecular complexity index is 1010. The van der Waals surface area contributed by atoms with Gasteiger partial charge in [0.25, 0.3) is 0 Å². The van der Waals surface area contributed by atoms with E-state index >= 15 is 0 Å². The van der Waals surface area contributed by atoms with Crippen LogP contribution in [0.2, 0.25) is 0 Å². The minimum Gasteiger partial charge on any atom is -0.383 e. The Labute approximate surface area is 153 Å². The third kappa shape index (κ3) is 3.92. The van der Waals surface area contributed by atoms with E-state index in [4.69, 9.17) is 4.74 Å². The molecule has 0 aliphatic rings. The first-order valence-corrected chi connectivity index (χ1v) is 9.76. The largest absolute Gasteiger partial charge is 0.383 e. The van der Waals surface area contributed by atoms with Crippen molar-refractivity contribution in [3.63, 3.8) is 0 Å². The van der Waals surface area contributed by atoms with E-state index in [1.54, 1.807) is 31.5 Å². The number of rotatable bonds is 7. The first kappa shape index (κ1) is 18.5. The number of imidazole rings is 1. The fourth-order valence-electron chi connectivity index (χ4n) is 2.89. The molecule has 0 bridgehead atoms. The van der Waals surface area contributed by atoms with Gasteiger partial charge in [0, 0.05) is 19.9 Å². The molecule has 3 rings (SSSR count). The summed E-state index contributed by atoms with van der Waals surface area (Å²) in [6.07, 6.45) is 1.69. The molecule has 7 nitrogen and oxygen atoms in total. The second-order valence-electron chi connectivity index (χ2n) is 6.17. The van der Waals surface area contributed by atoms with Gasteiger partial charge in [-0.05, 0) is 49.2 Å². The molecule has 1 aromatic carbocycles. The van der Waals surface area contributed by atoms with Gasteiger partial charge in [0.2, 0.25) is 10.0 Å². The number of fused-ring (bicyclic) bond motifs is 1. The number of sulfonamides is 1. The Morgan fingerprint density at radius 3 is 2.62 bits per heavy atom. The van der Waals surface area contributed by atoms with Gasteiger partial charge in [0.15, 0.2) is 5.65 Å². The van der Waals surface area contributed by atoms with Gasteiger partial charge in [-0.15, -0.1) is 0 Å². The van der Waals surface area contributed by atoms with Gasteiger partial charge < -0.3 is 9.30 Å². The van der Waals surface area contributed by atoms with Gasteiger partial charge >= 0.3 is 0 Å². The molecule has 0 spiro atoms. The van der Waals surface area contributed by atoms with Crippen molar-refractivity contribution in [2.75, 3.05) is 13.7 Å². The lowest BCUT2D eigenvalue weighted by Crippen LogP contribution is -2.25. The van der Waals surface area contributed by atoms with Gasteiger partial charge in [-0.2, -0.15) is 0 Å². The Morgan fingerprint density at radius 2 is 1.92 bits per heavy atom. The number of pyridine rings is 1. The zero-order chi connectivity index (χ0) is 18.7. The second-order valence-corrected chi connectivity index (χ2v) is 7.93. The standard InChI is InChI=1S/C18H22N4O3S/c1-13-9-14(2)11-15(10-13)26(23,24)20-12-17-21-16-5-4-6-19-18(16)22(17)7-8-25-3/h4-6,9-11,20H,7-8,12H2,1-3H3. The number of aryl methyl sites for hydroxylation is 2. The van der Waals surface area contributed by atoms with Crippen LogP contribution in [0.1, 0.15) is 17.0 Å². The molecule has 1 N–H and O–H groups in total. The minimum absolute atomic E-state index is 0.0788. The monoisotopic (exact) mass is 374 g/mol. The highest BCUT2D eigenvalue weighted by molar-refractivity contribution is 7.89. The molecule has 2 aromatic heterocycles. The van der Waals surface area contributed by atoms with Crippen LogP contribution in [-0.2, 0) is 27.8 Å². The zero-order valence-corrected chi connectivity index (χ0v) is 15.9. The molecule has 138 valence electrons. The highest BCUT2D eigenvalue weighted by Gasteiger charge is 2.18. The fourth-order valence-corrected chi connectivity index (χ4v) is 4.06. The zero-order valence-electron chi connectivity index (χ0n) is 15.1. The summed E-state index contributed by atoms with van der Waals surface area (Å²) in [7, 11) is -2.01. The van der Waals surface area contributed by atoms with E-state index in [0.717, 1.165) is 16.6 Å². The fraction of sp³-hybridized carbons (Fsp3) is 0.333. The van der Waals surface area contributed by atoms with Crippen molar-refractivity contribution in [3.05, 3.63) is 53.5 Å². The molecule has 2 heterocycles. The summed E-state index contributed by atoms with van der Waals surface area (Å²) in [6.45, 7) is 4.86. The van der Waals surface area contributed by atoms with E-state index in [-0.39, 0.29) is 11.4 Å². The summed E-state index contributed by atoms with van der Waals surface area (Å²) in [5, 5.41) is 0. The summed E-state index contributed by atoms with van der Waals surface area (Å²) in [5.41, 5.74) is 3.25. The third-order valence-electron chi connectivity index (χ3n) is 4.03. The van der Waals surface area contributed by atoms with Gasteiger partial charge in [0.1, 0.15) is 11.3 Å². The van der Waals surface area contributed by atoms with Crippen LogP contribution >= 0.6 is 0 Å². The van der Waals surface area contributed by atoms with Crippen LogP contribution in [0.4, 0.5) is 0 Å². The SMILES string of the molecule is COCCn1c(CNS(=O)(=O)c2cc(C)cc(C)c2)nc2cccnc21. The topological polar surface area (TPSA) is 86.1 Å². The summed E-state index contributed by atoms with van der Waals surface area (Å²) in [4.78, 5) is 9.12. The Kier molecular flexibility index (Phi) is 5.36. The number of nitrogens with zero attached hydrogens (tertiary/aromatic N) is 3. The molecule has 0 atom stereocenters. The van der Waals surface area contributed by atoms with E-state index < -0.39 is 10.0 Å². The number of nitrogens with one attached hydrogen (secondary N) is 1. The Balaban J connectivity index is 1.89. The van der Waals surface area contributed by atoms with E-state index in [2.05, 4.69) is 14.7 Å². The lowest BCUT2D eigenvalue weighted by atomic mass is 10.2. The van der Waals surface area contributed by atoms with Gasteiger partial charge in [-0.3, -0.25) is 0 Å². The molecule has 0 aliphatic heterocycles. The van der Waals surface area contributed by atoms with Crippen molar-refractivity contribution in [3.8, 4) is 0 Å². The molecular weight excluding hydrogens is 352 g/mol. The van der Waals surface area contributed by atoms with E-state index in [1.807, 2.05) is 30.5 Å². The average molecular weight is 374 g/mol. The summed E-state index contributed by atoms with van der Waals surface area (Å²) >= 11 is 0. The van der Waals surface area contributed by atoms with Crippen LogP contribution in [0.25, 0.3) is 11.2 Å². The van der Waals surface area contributed by atoms with Crippen LogP contribution in [0.3, 0.4) is 0 Å². The molecular formula is C18H22N4O3S. The maximum absolute atomic E-state index is 12.7. The first-order valence-electron chi connectivity index (χ1n) is 8.28. The smallest absolute Gasteiger partial charge is 0.240 e. The molecule has 0 radical (unpaired) electrons.